The minimum absolute atomic E-state index is 0.0254. The number of rotatable bonds is 9. The third-order valence-corrected chi connectivity index (χ3v) is 3.99. The van der Waals surface area contributed by atoms with E-state index in [0.717, 1.165) is 17.9 Å². The monoisotopic (exact) mass is 340 g/mol. The summed E-state index contributed by atoms with van der Waals surface area (Å²) in [5.41, 5.74) is 2.38. The maximum Gasteiger partial charge on any atom is 0.234 e. The number of hydrogen-bond donors (Lipinski definition) is 1. The molecule has 0 radical (unpaired) electrons. The Morgan fingerprint density at radius 2 is 1.88 bits per heavy atom. The maximum absolute atomic E-state index is 12.2. The van der Waals surface area contributed by atoms with Gasteiger partial charge in [0.05, 0.1) is 13.1 Å². The minimum atomic E-state index is 0.0254. The summed E-state index contributed by atoms with van der Waals surface area (Å²) in [6, 6.07) is 18.4. The summed E-state index contributed by atoms with van der Waals surface area (Å²) in [4.78, 5) is 14.4. The predicted molar refractivity (Wildman–Crippen MR) is 102 cm³/mol. The van der Waals surface area contributed by atoms with Crippen molar-refractivity contribution in [2.75, 3.05) is 19.7 Å². The second-order valence-electron chi connectivity index (χ2n) is 6.50. The van der Waals surface area contributed by atoms with Gasteiger partial charge in [0.25, 0.3) is 0 Å². The highest BCUT2D eigenvalue weighted by molar-refractivity contribution is 5.78. The van der Waals surface area contributed by atoms with Gasteiger partial charge in [0.1, 0.15) is 12.4 Å². The van der Waals surface area contributed by atoms with E-state index in [2.05, 4.69) is 36.2 Å². The molecule has 0 atom stereocenters. The van der Waals surface area contributed by atoms with E-state index >= 15 is 0 Å². The molecular weight excluding hydrogens is 312 g/mol. The van der Waals surface area contributed by atoms with Crippen LogP contribution in [0.15, 0.2) is 54.6 Å². The van der Waals surface area contributed by atoms with E-state index < -0.39 is 0 Å². The van der Waals surface area contributed by atoms with Crippen LogP contribution in [0, 0.1) is 6.92 Å². The third kappa shape index (κ3) is 6.98. The maximum atomic E-state index is 12.2. The summed E-state index contributed by atoms with van der Waals surface area (Å²) < 4.78 is 5.66. The normalized spacial score (nSPS) is 10.9. The Morgan fingerprint density at radius 1 is 1.12 bits per heavy atom. The molecule has 1 amide bonds. The van der Waals surface area contributed by atoms with Crippen LogP contribution in [0.3, 0.4) is 0 Å². The number of benzene rings is 2. The van der Waals surface area contributed by atoms with Crippen LogP contribution in [0.1, 0.15) is 25.0 Å². The fraction of sp³-hybridized carbons (Fsp3) is 0.381. The largest absolute Gasteiger partial charge is 0.492 e. The average Bonchev–Trinajstić information content (AvgIpc) is 2.59. The van der Waals surface area contributed by atoms with Crippen molar-refractivity contribution in [2.45, 2.75) is 33.4 Å². The van der Waals surface area contributed by atoms with Crippen molar-refractivity contribution in [1.29, 1.82) is 0 Å². The smallest absolute Gasteiger partial charge is 0.234 e. The van der Waals surface area contributed by atoms with Crippen molar-refractivity contribution in [1.82, 2.24) is 10.2 Å². The molecule has 0 bridgehead atoms. The van der Waals surface area contributed by atoms with E-state index in [4.69, 9.17) is 4.74 Å². The minimum Gasteiger partial charge on any atom is -0.492 e. The van der Waals surface area contributed by atoms with Crippen molar-refractivity contribution >= 4 is 5.91 Å². The molecule has 25 heavy (non-hydrogen) atoms. The summed E-state index contributed by atoms with van der Waals surface area (Å²) in [6.45, 7) is 8.37. The van der Waals surface area contributed by atoms with Crippen LogP contribution >= 0.6 is 0 Å². The average molecular weight is 340 g/mol. The fourth-order valence-electron chi connectivity index (χ4n) is 2.54. The number of nitrogens with zero attached hydrogens (tertiary/aromatic N) is 1. The first-order valence-corrected chi connectivity index (χ1v) is 8.78. The van der Waals surface area contributed by atoms with E-state index in [1.165, 1.54) is 5.56 Å². The number of carbonyl (C=O) groups is 1. The lowest BCUT2D eigenvalue weighted by molar-refractivity contribution is -0.122. The molecule has 0 aliphatic heterocycles. The first kappa shape index (κ1) is 19.0. The van der Waals surface area contributed by atoms with Gasteiger partial charge in [-0.1, -0.05) is 42.5 Å². The molecule has 2 rings (SSSR count). The number of amides is 1. The van der Waals surface area contributed by atoms with Gasteiger partial charge in [-0.25, -0.2) is 0 Å². The molecule has 0 saturated carbocycles. The number of aryl methyl sites for hydroxylation is 1. The Kier molecular flexibility index (Phi) is 7.48. The second kappa shape index (κ2) is 9.84. The first-order chi connectivity index (χ1) is 12.0. The lowest BCUT2D eigenvalue weighted by Gasteiger charge is -2.25. The molecule has 1 N–H and O–H groups in total. The van der Waals surface area contributed by atoms with Gasteiger partial charge in [-0.3, -0.25) is 9.69 Å². The van der Waals surface area contributed by atoms with Crippen molar-refractivity contribution in [2.24, 2.45) is 0 Å². The van der Waals surface area contributed by atoms with Crippen LogP contribution in [-0.4, -0.2) is 36.5 Å². The van der Waals surface area contributed by atoms with Crippen LogP contribution < -0.4 is 10.1 Å². The van der Waals surface area contributed by atoms with Crippen molar-refractivity contribution < 1.29 is 9.53 Å². The van der Waals surface area contributed by atoms with Crippen LogP contribution in [-0.2, 0) is 11.3 Å². The SMILES string of the molecule is Cc1cccc(OCCNC(=O)CN(Cc2ccccc2)C(C)C)c1. The Balaban J connectivity index is 1.73. The van der Waals surface area contributed by atoms with Crippen molar-refractivity contribution in [3.63, 3.8) is 0 Å². The molecule has 4 nitrogen and oxygen atoms in total. The molecule has 0 saturated heterocycles. The Bertz CT molecular complexity index is 656. The molecule has 0 aliphatic rings. The van der Waals surface area contributed by atoms with E-state index in [9.17, 15) is 4.79 Å². The summed E-state index contributed by atoms with van der Waals surface area (Å²) in [5.74, 6) is 0.861. The van der Waals surface area contributed by atoms with Crippen molar-refractivity contribution in [3.8, 4) is 5.75 Å². The van der Waals surface area contributed by atoms with Gasteiger partial charge in [0.2, 0.25) is 5.91 Å². The lowest BCUT2D eigenvalue weighted by atomic mass is 10.2. The van der Waals surface area contributed by atoms with Crippen LogP contribution in [0.25, 0.3) is 0 Å². The molecule has 0 spiro atoms. The Labute approximate surface area is 150 Å². The van der Waals surface area contributed by atoms with Gasteiger partial charge in [-0.2, -0.15) is 0 Å². The highest BCUT2D eigenvalue weighted by Gasteiger charge is 2.14. The quantitative estimate of drug-likeness (QED) is 0.711. The van der Waals surface area contributed by atoms with E-state index in [1.807, 2.05) is 49.4 Å². The molecule has 134 valence electrons. The molecule has 0 unspecified atom stereocenters. The summed E-state index contributed by atoms with van der Waals surface area (Å²) >= 11 is 0. The number of nitrogens with one attached hydrogen (secondary N) is 1. The number of hydrogen-bond acceptors (Lipinski definition) is 3. The molecular formula is C21H28N2O2. The molecule has 4 heteroatoms. The fourth-order valence-corrected chi connectivity index (χ4v) is 2.54. The van der Waals surface area contributed by atoms with E-state index in [1.54, 1.807) is 0 Å². The topological polar surface area (TPSA) is 41.6 Å². The van der Waals surface area contributed by atoms with Gasteiger partial charge in [0, 0.05) is 12.6 Å². The number of carbonyl (C=O) groups excluding carboxylic acids is 1. The standard InChI is InChI=1S/C21H28N2O2/c1-17(2)23(15-19-9-5-4-6-10-19)16-21(24)22-12-13-25-20-11-7-8-18(3)14-20/h4-11,14,17H,12-13,15-16H2,1-3H3,(H,22,24). The Morgan fingerprint density at radius 3 is 2.56 bits per heavy atom. The highest BCUT2D eigenvalue weighted by atomic mass is 16.5. The zero-order valence-corrected chi connectivity index (χ0v) is 15.4. The van der Waals surface area contributed by atoms with Gasteiger partial charge in [-0.05, 0) is 44.0 Å². The molecule has 2 aromatic carbocycles. The third-order valence-electron chi connectivity index (χ3n) is 3.99. The number of ether oxygens (including phenoxy) is 1. The highest BCUT2D eigenvalue weighted by Crippen LogP contribution is 2.11. The van der Waals surface area contributed by atoms with Gasteiger partial charge < -0.3 is 10.1 Å². The molecule has 0 aromatic heterocycles. The Hall–Kier alpha value is -2.33. The van der Waals surface area contributed by atoms with Crippen LogP contribution in [0.5, 0.6) is 5.75 Å². The van der Waals surface area contributed by atoms with Gasteiger partial charge >= 0.3 is 0 Å². The second-order valence-corrected chi connectivity index (χ2v) is 6.50. The first-order valence-electron chi connectivity index (χ1n) is 8.78. The van der Waals surface area contributed by atoms with E-state index in [-0.39, 0.29) is 5.91 Å². The molecule has 0 aliphatic carbocycles. The summed E-state index contributed by atoms with van der Waals surface area (Å²) in [5, 5.41) is 2.93. The zero-order chi connectivity index (χ0) is 18.1. The summed E-state index contributed by atoms with van der Waals surface area (Å²) in [6.07, 6.45) is 0. The van der Waals surface area contributed by atoms with Gasteiger partial charge in [-0.15, -0.1) is 0 Å². The predicted octanol–water partition coefficient (Wildman–Crippen LogP) is 3.40. The van der Waals surface area contributed by atoms with Gasteiger partial charge in [0.15, 0.2) is 0 Å². The molecule has 0 heterocycles. The zero-order valence-electron chi connectivity index (χ0n) is 15.4. The molecule has 0 fully saturated rings. The summed E-state index contributed by atoms with van der Waals surface area (Å²) in [7, 11) is 0. The van der Waals surface area contributed by atoms with E-state index in [0.29, 0.717) is 25.7 Å². The van der Waals surface area contributed by atoms with Crippen LogP contribution in [0.2, 0.25) is 0 Å². The van der Waals surface area contributed by atoms with Crippen molar-refractivity contribution in [3.05, 3.63) is 65.7 Å². The van der Waals surface area contributed by atoms with Crippen LogP contribution in [0.4, 0.5) is 0 Å². The molecule has 2 aromatic rings. The lowest BCUT2D eigenvalue weighted by Crippen LogP contribution is -2.41.